The lowest BCUT2D eigenvalue weighted by Gasteiger charge is -2.28. The molecule has 0 atom stereocenters. The molecular weight excluding hydrogens is 888 g/mol. The van der Waals surface area contributed by atoms with Gasteiger partial charge in [-0.1, -0.05) is 213 Å². The van der Waals surface area contributed by atoms with Gasteiger partial charge in [0.25, 0.3) is 0 Å². The quantitative estimate of drug-likeness (QED) is 0.0417. The summed E-state index contributed by atoms with van der Waals surface area (Å²) < 4.78 is 27.6. The molecule has 0 spiro atoms. The molecule has 0 radical (unpaired) electrons. The van der Waals surface area contributed by atoms with Crippen molar-refractivity contribution in [3.05, 3.63) is 170 Å². The van der Waals surface area contributed by atoms with Gasteiger partial charge in [-0.3, -0.25) is 0 Å². The highest BCUT2D eigenvalue weighted by atomic mass is 31.1. The molecule has 5 rings (SSSR count). The van der Waals surface area contributed by atoms with Crippen molar-refractivity contribution in [2.75, 3.05) is 26.2 Å². The van der Waals surface area contributed by atoms with Gasteiger partial charge < -0.3 is 18.9 Å². The van der Waals surface area contributed by atoms with E-state index in [2.05, 4.69) is 228 Å². The van der Waals surface area contributed by atoms with Crippen LogP contribution in [0, 0.1) is 5.41 Å². The molecule has 0 bridgehead atoms. The van der Waals surface area contributed by atoms with E-state index in [1.807, 2.05) is 0 Å². The van der Waals surface area contributed by atoms with Gasteiger partial charge in [-0.15, -0.1) is 0 Å². The number of hydrogen-bond donors (Lipinski definition) is 0. The Morgan fingerprint density at radius 1 is 0.493 bits per heavy atom. The number of benzene rings is 5. The van der Waals surface area contributed by atoms with Crippen LogP contribution in [0.25, 0.3) is 0 Å². The minimum Gasteiger partial charge on any atom is -0.498 e. The van der Waals surface area contributed by atoms with Gasteiger partial charge in [0.15, 0.2) is 0 Å². The first-order chi connectivity index (χ1) is 33.4. The maximum Gasteiger partial charge on any atom is 0.126 e. The molecule has 0 aliphatic heterocycles. The molecule has 384 valence electrons. The summed E-state index contributed by atoms with van der Waals surface area (Å²) in [4.78, 5) is 0. The van der Waals surface area contributed by atoms with Crippen LogP contribution in [-0.2, 0) is 46.7 Å². The van der Waals surface area contributed by atoms with Gasteiger partial charge in [-0.05, 0) is 136 Å². The van der Waals surface area contributed by atoms with Crippen molar-refractivity contribution >= 4 is 18.5 Å². The zero-order valence-corrected chi connectivity index (χ0v) is 48.4. The van der Waals surface area contributed by atoms with Crippen LogP contribution in [0.15, 0.2) is 120 Å². The molecule has 0 amide bonds. The van der Waals surface area contributed by atoms with E-state index in [1.165, 1.54) is 71.8 Å². The molecular formula is C66H91O4P. The second-order valence-corrected chi connectivity index (χ2v) is 25.8. The highest BCUT2D eigenvalue weighted by Crippen LogP contribution is 2.43. The fraction of sp³-hybridized carbons (Fsp3) is 0.485. The van der Waals surface area contributed by atoms with Crippen molar-refractivity contribution < 1.29 is 18.9 Å². The van der Waals surface area contributed by atoms with E-state index in [0.29, 0.717) is 45.4 Å². The van der Waals surface area contributed by atoms with Gasteiger partial charge in [-0.2, -0.15) is 0 Å². The Labute approximate surface area is 433 Å². The van der Waals surface area contributed by atoms with Gasteiger partial charge in [0.05, 0.1) is 25.6 Å². The van der Waals surface area contributed by atoms with E-state index in [1.54, 1.807) is 0 Å². The first kappa shape index (κ1) is 57.1. The van der Waals surface area contributed by atoms with Gasteiger partial charge >= 0.3 is 0 Å². The normalized spacial score (nSPS) is 13.1. The molecule has 5 aromatic rings. The van der Waals surface area contributed by atoms with Crippen LogP contribution in [0.5, 0.6) is 17.2 Å². The molecule has 0 saturated carbocycles. The van der Waals surface area contributed by atoms with Crippen LogP contribution >= 0.6 is 7.92 Å². The smallest absolute Gasteiger partial charge is 0.126 e. The first-order valence-electron chi connectivity index (χ1n) is 26.7. The first-order valence-corrected chi connectivity index (χ1v) is 28.2. The predicted molar refractivity (Wildman–Crippen MR) is 308 cm³/mol. The monoisotopic (exact) mass is 979 g/mol. The number of allylic oxidation sites excluding steroid dienone is 4. The average molecular weight is 979 g/mol. The zero-order chi connectivity index (χ0) is 52.3. The van der Waals surface area contributed by atoms with Crippen molar-refractivity contribution in [1.82, 2.24) is 0 Å². The fourth-order valence-corrected chi connectivity index (χ4v) is 10.7. The Morgan fingerprint density at radius 3 is 1.30 bits per heavy atom. The lowest BCUT2D eigenvalue weighted by Crippen LogP contribution is -2.18. The van der Waals surface area contributed by atoms with Gasteiger partial charge in [-0.25, -0.2) is 0 Å². The summed E-state index contributed by atoms with van der Waals surface area (Å²) in [6, 6.07) is 36.3. The van der Waals surface area contributed by atoms with Crippen LogP contribution < -0.4 is 24.8 Å². The minimum atomic E-state index is -0.777. The molecule has 0 aliphatic rings. The van der Waals surface area contributed by atoms with Crippen LogP contribution in [0.1, 0.15) is 188 Å². The lowest BCUT2D eigenvalue weighted by molar-refractivity contribution is 0.211. The largest absolute Gasteiger partial charge is 0.498 e. The Balaban J connectivity index is 1.76. The molecule has 5 heteroatoms. The molecule has 4 nitrogen and oxygen atoms in total. The fourth-order valence-electron chi connectivity index (χ4n) is 8.75. The van der Waals surface area contributed by atoms with Crippen molar-refractivity contribution in [2.45, 2.75) is 179 Å². The van der Waals surface area contributed by atoms with E-state index in [4.69, 9.17) is 18.9 Å². The van der Waals surface area contributed by atoms with Gasteiger partial charge in [0.2, 0.25) is 0 Å². The van der Waals surface area contributed by atoms with Crippen molar-refractivity contribution in [1.29, 1.82) is 0 Å². The van der Waals surface area contributed by atoms with Gasteiger partial charge in [0, 0.05) is 19.3 Å². The van der Waals surface area contributed by atoms with E-state index in [-0.39, 0.29) is 21.7 Å². The third-order valence-corrected chi connectivity index (χ3v) is 15.8. The molecule has 0 saturated heterocycles. The maximum absolute atomic E-state index is 7.28. The van der Waals surface area contributed by atoms with Crippen molar-refractivity contribution in [3.63, 3.8) is 0 Å². The minimum absolute atomic E-state index is 0.0226. The molecule has 0 unspecified atom stereocenters. The SMILES string of the molecule is CCCO/C(C)=C(/C=C(\C)C(C)(C)C)Cc1cc(C(C)(C)C)cc(Cc2cc(C(C)(C)C)cc(Cc3cc(C(C)(C)C)cc(CC)c3OCP(c3ccccc3)c3ccccc3)c2OCCC)c1OCC. The molecule has 5 aromatic carbocycles. The summed E-state index contributed by atoms with van der Waals surface area (Å²) in [5, 5.41) is 2.62. The van der Waals surface area contributed by atoms with Crippen LogP contribution in [0.4, 0.5) is 0 Å². The highest BCUT2D eigenvalue weighted by Gasteiger charge is 2.28. The van der Waals surface area contributed by atoms with Crippen molar-refractivity contribution in [3.8, 4) is 17.2 Å². The van der Waals surface area contributed by atoms with Gasteiger partial charge in [0.1, 0.15) is 23.6 Å². The standard InChI is InChI=1S/C66H91O4P/c1-19-33-68-47(6)49(35-46(5)63(7,8)9)36-50-40-56(65(13,14)15)42-52(61(50)67-22-4)38-54-44-57(66(16,17)18)43-53(62(54)69-34-20-2)37-51-41-55(64(10,11)12)39-48(21-3)60(51)70-45-71(58-29-25-23-26-30-58)59-31-27-24-28-32-59/h23-32,35,39-44H,19-22,33-34,36-38,45H2,1-18H3/b46-35+,49-47-. The van der Waals surface area contributed by atoms with E-state index in [9.17, 15) is 0 Å². The predicted octanol–water partition coefficient (Wildman–Crippen LogP) is 17.2. The summed E-state index contributed by atoms with van der Waals surface area (Å²) in [5.41, 5.74) is 13.3. The Hall–Kier alpha value is -4.79. The summed E-state index contributed by atoms with van der Waals surface area (Å²) in [7, 11) is -0.777. The van der Waals surface area contributed by atoms with E-state index >= 15 is 0 Å². The second-order valence-electron chi connectivity index (χ2n) is 23.7. The molecule has 0 fully saturated rings. The Morgan fingerprint density at radius 2 is 0.901 bits per heavy atom. The average Bonchev–Trinajstić information content (AvgIpc) is 3.30. The van der Waals surface area contributed by atoms with E-state index < -0.39 is 7.92 Å². The third kappa shape index (κ3) is 15.6. The number of rotatable bonds is 21. The van der Waals surface area contributed by atoms with Crippen molar-refractivity contribution in [2.24, 2.45) is 5.41 Å². The van der Waals surface area contributed by atoms with Crippen LogP contribution in [0.3, 0.4) is 0 Å². The van der Waals surface area contributed by atoms with Crippen LogP contribution in [0.2, 0.25) is 0 Å². The molecule has 0 heterocycles. The third-order valence-electron chi connectivity index (χ3n) is 13.6. The highest BCUT2D eigenvalue weighted by molar-refractivity contribution is 7.72. The number of hydrogen-bond acceptors (Lipinski definition) is 4. The molecule has 0 N–H and O–H groups in total. The maximum atomic E-state index is 7.28. The molecule has 0 aromatic heterocycles. The second kappa shape index (κ2) is 24.8. The Bertz CT molecular complexity index is 2530. The van der Waals surface area contributed by atoms with Crippen LogP contribution in [-0.4, -0.2) is 26.2 Å². The van der Waals surface area contributed by atoms with E-state index in [0.717, 1.165) is 42.3 Å². The zero-order valence-electron chi connectivity index (χ0n) is 47.5. The lowest BCUT2D eigenvalue weighted by atomic mass is 9.80. The number of ether oxygens (including phenoxy) is 4. The summed E-state index contributed by atoms with van der Waals surface area (Å²) >= 11 is 0. The molecule has 71 heavy (non-hydrogen) atoms. The number of aryl methyl sites for hydroxylation is 1. The Kier molecular flexibility index (Phi) is 19.9. The summed E-state index contributed by atoms with van der Waals surface area (Å²) in [5.74, 6) is 3.91. The summed E-state index contributed by atoms with van der Waals surface area (Å²) in [6.07, 6.45) is 7.71. The molecule has 0 aliphatic carbocycles. The topological polar surface area (TPSA) is 36.9 Å². The summed E-state index contributed by atoms with van der Waals surface area (Å²) in [6.45, 7) is 42.7.